The van der Waals surface area contributed by atoms with E-state index < -0.39 is 5.60 Å². The van der Waals surface area contributed by atoms with E-state index in [-0.39, 0.29) is 6.09 Å². The van der Waals surface area contributed by atoms with Crippen molar-refractivity contribution in [3.05, 3.63) is 9.47 Å². The summed E-state index contributed by atoms with van der Waals surface area (Å²) in [6.45, 7) is 9.50. The van der Waals surface area contributed by atoms with Gasteiger partial charge in [-0.3, -0.25) is 4.90 Å². The van der Waals surface area contributed by atoms with Crippen LogP contribution in [0.25, 0.3) is 0 Å². The van der Waals surface area contributed by atoms with Crippen molar-refractivity contribution in [2.45, 2.75) is 39.3 Å². The average molecular weight is 333 g/mol. The van der Waals surface area contributed by atoms with Gasteiger partial charge in [0.1, 0.15) is 10.6 Å². The van der Waals surface area contributed by atoms with Gasteiger partial charge < -0.3 is 9.64 Å². The summed E-state index contributed by atoms with van der Waals surface area (Å²) in [7, 11) is 0. The van der Waals surface area contributed by atoms with E-state index in [0.29, 0.717) is 11.0 Å². The zero-order chi connectivity index (χ0) is 15.5. The normalized spacial score (nSPS) is 17.6. The Labute approximate surface area is 134 Å². The summed E-state index contributed by atoms with van der Waals surface area (Å²) < 4.78 is 5.89. The minimum absolute atomic E-state index is 0.233. The van der Waals surface area contributed by atoms with Crippen LogP contribution in [0, 0.1) is 0 Å². The first-order chi connectivity index (χ1) is 9.83. The highest BCUT2D eigenvalue weighted by Gasteiger charge is 2.24. The fourth-order valence-corrected chi connectivity index (χ4v) is 3.04. The fourth-order valence-electron chi connectivity index (χ4n) is 2.13. The molecule has 1 fully saturated rings. The minimum Gasteiger partial charge on any atom is -0.444 e. The third-order valence-electron chi connectivity index (χ3n) is 3.04. The van der Waals surface area contributed by atoms with Crippen molar-refractivity contribution < 1.29 is 9.53 Å². The Balaban J connectivity index is 1.85. The molecule has 0 bridgehead atoms. The lowest BCUT2D eigenvalue weighted by Gasteiger charge is -2.26. The van der Waals surface area contributed by atoms with Crippen LogP contribution in [-0.4, -0.2) is 57.9 Å². The lowest BCUT2D eigenvalue weighted by atomic mass is 10.2. The molecular formula is C13H21ClN4O2S. The molecule has 0 atom stereocenters. The smallest absolute Gasteiger partial charge is 0.410 e. The number of amides is 1. The van der Waals surface area contributed by atoms with Gasteiger partial charge >= 0.3 is 6.09 Å². The Morgan fingerprint density at radius 1 is 1.29 bits per heavy atom. The lowest BCUT2D eigenvalue weighted by Crippen LogP contribution is -2.39. The molecule has 0 spiro atoms. The van der Waals surface area contributed by atoms with Crippen LogP contribution in [0.15, 0.2) is 0 Å². The maximum Gasteiger partial charge on any atom is 0.410 e. The van der Waals surface area contributed by atoms with Crippen LogP contribution >= 0.6 is 22.9 Å². The fraction of sp³-hybridized carbons (Fsp3) is 0.769. The molecule has 118 valence electrons. The van der Waals surface area contributed by atoms with Crippen molar-refractivity contribution in [2.75, 3.05) is 26.2 Å². The molecule has 6 nitrogen and oxygen atoms in total. The summed E-state index contributed by atoms with van der Waals surface area (Å²) in [5.74, 6) is 0. The van der Waals surface area contributed by atoms with Crippen LogP contribution < -0.4 is 0 Å². The molecule has 1 saturated heterocycles. The first-order valence-corrected chi connectivity index (χ1v) is 8.21. The largest absolute Gasteiger partial charge is 0.444 e. The monoisotopic (exact) mass is 332 g/mol. The van der Waals surface area contributed by atoms with Crippen molar-refractivity contribution >= 4 is 29.0 Å². The molecule has 0 saturated carbocycles. The number of aromatic nitrogens is 2. The van der Waals surface area contributed by atoms with E-state index >= 15 is 0 Å². The number of hydrogen-bond acceptors (Lipinski definition) is 6. The topological polar surface area (TPSA) is 58.6 Å². The molecule has 2 rings (SSSR count). The molecule has 1 aliphatic rings. The Morgan fingerprint density at radius 2 is 2.05 bits per heavy atom. The number of nitrogens with zero attached hydrogens (tertiary/aromatic N) is 4. The zero-order valence-electron chi connectivity index (χ0n) is 12.6. The van der Waals surface area contributed by atoms with Gasteiger partial charge in [0.05, 0.1) is 6.54 Å². The predicted octanol–water partition coefficient (Wildman–Crippen LogP) is 2.63. The third-order valence-corrected chi connectivity index (χ3v) is 4.04. The number of ether oxygens (including phenoxy) is 1. The number of halogens is 1. The van der Waals surface area contributed by atoms with E-state index in [0.717, 1.165) is 37.6 Å². The van der Waals surface area contributed by atoms with Crippen LogP contribution in [0.4, 0.5) is 4.79 Å². The van der Waals surface area contributed by atoms with Crippen molar-refractivity contribution in [1.82, 2.24) is 20.0 Å². The molecule has 8 heteroatoms. The second kappa shape index (κ2) is 6.89. The Kier molecular flexibility index (Phi) is 5.40. The van der Waals surface area contributed by atoms with Crippen molar-refractivity contribution in [2.24, 2.45) is 0 Å². The van der Waals surface area contributed by atoms with E-state index in [2.05, 4.69) is 15.1 Å². The standard InChI is InChI=1S/C13H21ClN4O2S/c1-13(2,3)20-12(19)18-6-4-5-17(7-8-18)9-10-15-16-11(14)21-10/h4-9H2,1-3H3. The number of carbonyl (C=O) groups is 1. The number of rotatable bonds is 2. The van der Waals surface area contributed by atoms with E-state index in [1.54, 1.807) is 4.90 Å². The predicted molar refractivity (Wildman–Crippen MR) is 82.6 cm³/mol. The maximum atomic E-state index is 12.1. The molecule has 0 radical (unpaired) electrons. The number of carbonyl (C=O) groups excluding carboxylic acids is 1. The lowest BCUT2D eigenvalue weighted by molar-refractivity contribution is 0.0257. The molecule has 1 amide bonds. The molecule has 0 unspecified atom stereocenters. The van der Waals surface area contributed by atoms with Crippen LogP contribution in [-0.2, 0) is 11.3 Å². The quantitative estimate of drug-likeness (QED) is 0.833. The Hall–Kier alpha value is -0.920. The highest BCUT2D eigenvalue weighted by atomic mass is 35.5. The van der Waals surface area contributed by atoms with E-state index in [4.69, 9.17) is 16.3 Å². The van der Waals surface area contributed by atoms with Gasteiger partial charge in [0.25, 0.3) is 0 Å². The first-order valence-electron chi connectivity index (χ1n) is 7.02. The summed E-state index contributed by atoms with van der Waals surface area (Å²) in [5, 5.41) is 8.75. The Bertz CT molecular complexity index is 489. The minimum atomic E-state index is -0.452. The molecule has 1 aromatic rings. The van der Waals surface area contributed by atoms with Gasteiger partial charge in [-0.1, -0.05) is 11.3 Å². The van der Waals surface area contributed by atoms with E-state index in [9.17, 15) is 4.79 Å². The molecular weight excluding hydrogens is 312 g/mol. The van der Waals surface area contributed by atoms with Gasteiger partial charge in [0.2, 0.25) is 4.47 Å². The maximum absolute atomic E-state index is 12.1. The summed E-state index contributed by atoms with van der Waals surface area (Å²) >= 11 is 7.19. The van der Waals surface area contributed by atoms with Gasteiger partial charge in [0, 0.05) is 26.2 Å². The van der Waals surface area contributed by atoms with Crippen LogP contribution in [0.1, 0.15) is 32.2 Å². The summed E-state index contributed by atoms with van der Waals surface area (Å²) in [6, 6.07) is 0. The van der Waals surface area contributed by atoms with Crippen molar-refractivity contribution in [3.8, 4) is 0 Å². The molecule has 1 aromatic heterocycles. The Morgan fingerprint density at radius 3 is 2.67 bits per heavy atom. The van der Waals surface area contributed by atoms with Gasteiger partial charge in [0.15, 0.2) is 0 Å². The molecule has 1 aliphatic heterocycles. The SMILES string of the molecule is CC(C)(C)OC(=O)N1CCCN(Cc2nnc(Cl)s2)CC1. The summed E-state index contributed by atoms with van der Waals surface area (Å²) in [6.07, 6.45) is 0.689. The molecule has 0 aliphatic carbocycles. The number of hydrogen-bond donors (Lipinski definition) is 0. The molecule has 0 aromatic carbocycles. The first kappa shape index (κ1) is 16.5. The zero-order valence-corrected chi connectivity index (χ0v) is 14.2. The van der Waals surface area contributed by atoms with Gasteiger partial charge in [-0.25, -0.2) is 4.79 Å². The summed E-state index contributed by atoms with van der Waals surface area (Å²) in [5.41, 5.74) is -0.452. The van der Waals surface area contributed by atoms with Crippen LogP contribution in [0.5, 0.6) is 0 Å². The van der Waals surface area contributed by atoms with Crippen molar-refractivity contribution in [1.29, 1.82) is 0 Å². The molecule has 2 heterocycles. The van der Waals surface area contributed by atoms with Gasteiger partial charge in [-0.15, -0.1) is 10.2 Å². The van der Waals surface area contributed by atoms with Crippen LogP contribution in [0.2, 0.25) is 4.47 Å². The second-order valence-corrected chi connectivity index (χ2v) is 7.69. The average Bonchev–Trinajstić information content (AvgIpc) is 2.62. The van der Waals surface area contributed by atoms with E-state index in [1.807, 2.05) is 20.8 Å². The van der Waals surface area contributed by atoms with Gasteiger partial charge in [-0.2, -0.15) is 0 Å². The molecule has 21 heavy (non-hydrogen) atoms. The molecule has 0 N–H and O–H groups in total. The third kappa shape index (κ3) is 5.41. The van der Waals surface area contributed by atoms with Crippen molar-refractivity contribution in [3.63, 3.8) is 0 Å². The van der Waals surface area contributed by atoms with Gasteiger partial charge in [-0.05, 0) is 38.8 Å². The highest BCUT2D eigenvalue weighted by molar-refractivity contribution is 7.15. The van der Waals surface area contributed by atoms with Crippen LogP contribution in [0.3, 0.4) is 0 Å². The second-order valence-electron chi connectivity index (χ2n) is 6.05. The van der Waals surface area contributed by atoms with E-state index in [1.165, 1.54) is 11.3 Å². The summed E-state index contributed by atoms with van der Waals surface area (Å²) in [4.78, 5) is 16.1. The highest BCUT2D eigenvalue weighted by Crippen LogP contribution is 2.18.